The van der Waals surface area contributed by atoms with Gasteiger partial charge in [0.05, 0.1) is 0 Å². The molecule has 8 heteroatoms. The summed E-state index contributed by atoms with van der Waals surface area (Å²) in [6, 6.07) is 12.1. The number of hydrogen-bond acceptors (Lipinski definition) is 7. The Balaban J connectivity index is 1.78. The first-order valence-corrected chi connectivity index (χ1v) is 11.5. The van der Waals surface area contributed by atoms with Crippen molar-refractivity contribution in [3.8, 4) is 5.75 Å². The van der Waals surface area contributed by atoms with Crippen LogP contribution in [0.5, 0.6) is 5.75 Å². The fraction of sp³-hybridized carbons (Fsp3) is 0.400. The summed E-state index contributed by atoms with van der Waals surface area (Å²) in [4.78, 5) is 25.2. The van der Waals surface area contributed by atoms with Gasteiger partial charge in [-0.15, -0.1) is 0 Å². The molecule has 4 rings (SSSR count). The standard InChI is InChI=1S/C20H25N2O5P/c1-12(2)17-19(23)26-28(21-17,22-18(13(3)4)20(24)27-28)25-16-10-9-14-7-5-6-8-15(14)11-16/h5-13,17-18,21-22H,1-4H3/t17-,18-/m0/s1. The van der Waals surface area contributed by atoms with Gasteiger partial charge in [-0.05, 0) is 0 Å². The van der Waals surface area contributed by atoms with E-state index in [0.29, 0.717) is 5.75 Å². The first-order chi connectivity index (χ1) is 13.2. The van der Waals surface area contributed by atoms with E-state index in [1.54, 1.807) is 6.07 Å². The fourth-order valence-electron chi connectivity index (χ4n) is 3.54. The molecule has 1 spiro atoms. The van der Waals surface area contributed by atoms with E-state index < -0.39 is 31.6 Å². The van der Waals surface area contributed by atoms with Gasteiger partial charge in [-0.3, -0.25) is 0 Å². The minimum absolute atomic E-state index is 0.0622. The van der Waals surface area contributed by atoms with Gasteiger partial charge in [0.1, 0.15) is 0 Å². The number of carbonyl (C=O) groups is 2. The molecule has 2 aromatic rings. The Bertz CT molecular complexity index is 925. The van der Waals surface area contributed by atoms with Gasteiger partial charge in [-0.2, -0.15) is 0 Å². The molecule has 2 fully saturated rings. The zero-order valence-corrected chi connectivity index (χ0v) is 17.2. The summed E-state index contributed by atoms with van der Waals surface area (Å²) in [5.41, 5.74) is 0. The van der Waals surface area contributed by atoms with Gasteiger partial charge in [0.15, 0.2) is 0 Å². The van der Waals surface area contributed by atoms with Crippen molar-refractivity contribution in [1.29, 1.82) is 0 Å². The molecule has 0 saturated carbocycles. The predicted molar refractivity (Wildman–Crippen MR) is 107 cm³/mol. The molecule has 2 aliphatic heterocycles. The van der Waals surface area contributed by atoms with E-state index in [-0.39, 0.29) is 11.8 Å². The topological polar surface area (TPSA) is 85.9 Å². The maximum atomic E-state index is 12.6. The SMILES string of the molecule is CC(C)[C@@H]1NP2(Oc3ccc4ccccc4c3)(N[C@@H](C(C)C)C(=O)O2)OC1=O. The van der Waals surface area contributed by atoms with Crippen LogP contribution >= 0.6 is 7.59 Å². The van der Waals surface area contributed by atoms with Gasteiger partial charge >= 0.3 is 163 Å². The summed E-state index contributed by atoms with van der Waals surface area (Å²) in [7, 11) is -4.42. The third-order valence-corrected chi connectivity index (χ3v) is 8.08. The monoisotopic (exact) mass is 404 g/mol. The van der Waals surface area contributed by atoms with E-state index in [2.05, 4.69) is 10.2 Å². The molecule has 0 amide bonds. The van der Waals surface area contributed by atoms with E-state index in [0.717, 1.165) is 10.8 Å². The zero-order valence-electron chi connectivity index (χ0n) is 16.3. The van der Waals surface area contributed by atoms with Crippen molar-refractivity contribution < 1.29 is 23.2 Å². The summed E-state index contributed by atoms with van der Waals surface area (Å²) >= 11 is 0. The molecule has 2 heterocycles. The van der Waals surface area contributed by atoms with Crippen molar-refractivity contribution in [2.24, 2.45) is 11.8 Å². The predicted octanol–water partition coefficient (Wildman–Crippen LogP) is 3.69. The number of rotatable bonds is 4. The molecule has 0 unspecified atom stereocenters. The Labute approximate surface area is 164 Å². The van der Waals surface area contributed by atoms with E-state index in [4.69, 9.17) is 13.6 Å². The van der Waals surface area contributed by atoms with Gasteiger partial charge in [-0.1, -0.05) is 0 Å². The van der Waals surface area contributed by atoms with Crippen molar-refractivity contribution in [3.63, 3.8) is 0 Å². The quantitative estimate of drug-likeness (QED) is 0.752. The Kier molecular flexibility index (Phi) is 4.38. The first-order valence-electron chi connectivity index (χ1n) is 9.46. The molecule has 0 aliphatic carbocycles. The van der Waals surface area contributed by atoms with Gasteiger partial charge in [0, 0.05) is 0 Å². The van der Waals surface area contributed by atoms with Gasteiger partial charge in [-0.25, -0.2) is 0 Å². The molecule has 2 aromatic carbocycles. The van der Waals surface area contributed by atoms with Crippen LogP contribution in [0.2, 0.25) is 0 Å². The number of carbonyl (C=O) groups excluding carboxylic acids is 2. The van der Waals surface area contributed by atoms with Crippen molar-refractivity contribution >= 4 is 30.3 Å². The van der Waals surface area contributed by atoms with Crippen molar-refractivity contribution in [2.45, 2.75) is 39.8 Å². The van der Waals surface area contributed by atoms with Gasteiger partial charge in [0.2, 0.25) is 0 Å². The molecule has 2 saturated heterocycles. The summed E-state index contributed by atoms with van der Waals surface area (Å²) in [6.07, 6.45) is 0. The summed E-state index contributed by atoms with van der Waals surface area (Å²) < 4.78 is 17.7. The minimum atomic E-state index is -4.42. The molecule has 7 nitrogen and oxygen atoms in total. The zero-order chi connectivity index (χ0) is 20.1. The van der Waals surface area contributed by atoms with Crippen molar-refractivity contribution in [1.82, 2.24) is 10.2 Å². The molecular formula is C20H25N2O5P. The van der Waals surface area contributed by atoms with E-state index >= 15 is 0 Å². The van der Waals surface area contributed by atoms with Crippen LogP contribution in [0.25, 0.3) is 10.8 Å². The van der Waals surface area contributed by atoms with Crippen molar-refractivity contribution in [3.05, 3.63) is 42.5 Å². The van der Waals surface area contributed by atoms with Crippen LogP contribution in [0.15, 0.2) is 42.5 Å². The maximum absolute atomic E-state index is 12.6. The second-order valence-electron chi connectivity index (χ2n) is 8.01. The third-order valence-electron chi connectivity index (χ3n) is 5.07. The molecule has 28 heavy (non-hydrogen) atoms. The van der Waals surface area contributed by atoms with Crippen LogP contribution in [-0.4, -0.2) is 24.0 Å². The molecule has 150 valence electrons. The third kappa shape index (κ3) is 3.04. The Hall–Kier alpha value is -2.21. The Morgan fingerprint density at radius 1 is 0.857 bits per heavy atom. The number of benzene rings is 2. The Morgan fingerprint density at radius 2 is 1.39 bits per heavy atom. The summed E-state index contributed by atoms with van der Waals surface area (Å²) in [5.74, 6) is -0.650. The number of hydrogen-bond donors (Lipinski definition) is 2. The van der Waals surface area contributed by atoms with E-state index in [1.165, 1.54) is 0 Å². The summed E-state index contributed by atoms with van der Waals surface area (Å²) in [6.45, 7) is 7.58. The number of fused-ring (bicyclic) bond motifs is 1. The second-order valence-corrected chi connectivity index (χ2v) is 10.8. The molecular weight excluding hydrogens is 379 g/mol. The van der Waals surface area contributed by atoms with Crippen molar-refractivity contribution in [2.75, 3.05) is 0 Å². The average molecular weight is 404 g/mol. The van der Waals surface area contributed by atoms with Crippen LogP contribution in [0.4, 0.5) is 0 Å². The average Bonchev–Trinajstić information content (AvgIpc) is 3.09. The molecule has 0 aromatic heterocycles. The Morgan fingerprint density at radius 3 is 1.89 bits per heavy atom. The molecule has 0 radical (unpaired) electrons. The van der Waals surface area contributed by atoms with E-state index in [1.807, 2.05) is 64.1 Å². The van der Waals surface area contributed by atoms with E-state index in [9.17, 15) is 9.59 Å². The van der Waals surface area contributed by atoms with Crippen LogP contribution in [0.1, 0.15) is 27.7 Å². The molecule has 2 N–H and O–H groups in total. The first kappa shape index (κ1) is 19.1. The van der Waals surface area contributed by atoms with Gasteiger partial charge < -0.3 is 0 Å². The van der Waals surface area contributed by atoms with Crippen LogP contribution in [-0.2, 0) is 18.6 Å². The van der Waals surface area contributed by atoms with Crippen LogP contribution in [0.3, 0.4) is 0 Å². The second kappa shape index (κ2) is 6.41. The molecule has 2 atom stereocenters. The number of nitrogens with one attached hydrogen (secondary N) is 2. The summed E-state index contributed by atoms with van der Waals surface area (Å²) in [5, 5.41) is 8.26. The van der Waals surface area contributed by atoms with Gasteiger partial charge in [0.25, 0.3) is 0 Å². The van der Waals surface area contributed by atoms with Crippen LogP contribution < -0.4 is 14.7 Å². The normalized spacial score (nSPS) is 27.0. The van der Waals surface area contributed by atoms with Crippen LogP contribution in [0, 0.1) is 11.8 Å². The molecule has 2 aliphatic rings. The fourth-order valence-corrected chi connectivity index (χ4v) is 7.18. The molecule has 0 bridgehead atoms.